The first-order valence-corrected chi connectivity index (χ1v) is 8.02. The lowest BCUT2D eigenvalue weighted by molar-refractivity contribution is 0.0710. The Bertz CT molecular complexity index is 655. The number of nitrogens with zero attached hydrogens (tertiary/aromatic N) is 4. The third kappa shape index (κ3) is 2.95. The van der Waals surface area contributed by atoms with Crippen molar-refractivity contribution in [2.24, 2.45) is 0 Å². The number of amides is 1. The number of thiazole rings is 1. The van der Waals surface area contributed by atoms with Crippen molar-refractivity contribution in [2.45, 2.75) is 32.6 Å². The van der Waals surface area contributed by atoms with Crippen molar-refractivity contribution in [3.8, 4) is 0 Å². The quantitative estimate of drug-likeness (QED) is 0.855. The van der Waals surface area contributed by atoms with Gasteiger partial charge in [-0.2, -0.15) is 0 Å². The maximum Gasteiger partial charge on any atom is 0.265 e. The molecule has 0 spiro atoms. The van der Waals surface area contributed by atoms with Crippen molar-refractivity contribution < 1.29 is 4.79 Å². The maximum atomic E-state index is 12.6. The van der Waals surface area contributed by atoms with E-state index in [1.54, 1.807) is 11.7 Å². The Kier molecular flexibility index (Phi) is 3.96. The highest BCUT2D eigenvalue weighted by Gasteiger charge is 2.27. The Hall–Kier alpha value is -1.82. The number of carbonyl (C=O) groups is 1. The third-order valence-electron chi connectivity index (χ3n) is 3.86. The Morgan fingerprint density at radius 1 is 1.38 bits per heavy atom. The summed E-state index contributed by atoms with van der Waals surface area (Å²) in [4.78, 5) is 28.1. The first-order chi connectivity index (χ1) is 10.1. The molecule has 3 heterocycles. The average Bonchev–Trinajstić information content (AvgIpc) is 2.93. The predicted molar refractivity (Wildman–Crippen MR) is 81.5 cm³/mol. The van der Waals surface area contributed by atoms with Gasteiger partial charge in [-0.15, -0.1) is 11.3 Å². The normalized spacial score (nSPS) is 18.8. The highest BCUT2D eigenvalue weighted by Crippen LogP contribution is 2.27. The average molecular weight is 302 g/mol. The molecule has 0 N–H and O–H groups in total. The molecule has 2 aromatic rings. The van der Waals surface area contributed by atoms with E-state index in [1.165, 1.54) is 11.3 Å². The number of rotatable bonds is 2. The monoisotopic (exact) mass is 302 g/mol. The smallest absolute Gasteiger partial charge is 0.265 e. The molecule has 1 saturated heterocycles. The van der Waals surface area contributed by atoms with Gasteiger partial charge in [0, 0.05) is 30.9 Å². The molecule has 0 bridgehead atoms. The van der Waals surface area contributed by atoms with E-state index in [-0.39, 0.29) is 5.91 Å². The summed E-state index contributed by atoms with van der Waals surface area (Å²) < 4.78 is 0. The van der Waals surface area contributed by atoms with Crippen molar-refractivity contribution in [3.05, 3.63) is 39.9 Å². The summed E-state index contributed by atoms with van der Waals surface area (Å²) in [6.45, 7) is 5.33. The highest BCUT2D eigenvalue weighted by molar-refractivity contribution is 7.11. The van der Waals surface area contributed by atoms with Crippen molar-refractivity contribution >= 4 is 17.2 Å². The van der Waals surface area contributed by atoms with Gasteiger partial charge in [0.2, 0.25) is 0 Å². The van der Waals surface area contributed by atoms with Gasteiger partial charge in [0.05, 0.1) is 11.2 Å². The zero-order chi connectivity index (χ0) is 14.8. The van der Waals surface area contributed by atoms with E-state index < -0.39 is 0 Å². The summed E-state index contributed by atoms with van der Waals surface area (Å²) in [6, 6.07) is 1.96. The lowest BCUT2D eigenvalue weighted by atomic mass is 9.94. The van der Waals surface area contributed by atoms with Crippen LogP contribution in [0.1, 0.15) is 45.6 Å². The number of aromatic nitrogens is 3. The fourth-order valence-electron chi connectivity index (χ4n) is 2.76. The first kappa shape index (κ1) is 14.1. The van der Waals surface area contributed by atoms with Crippen LogP contribution in [-0.4, -0.2) is 38.8 Å². The molecule has 3 rings (SSSR count). The highest BCUT2D eigenvalue weighted by atomic mass is 32.1. The van der Waals surface area contributed by atoms with Crippen LogP contribution in [0.3, 0.4) is 0 Å². The van der Waals surface area contributed by atoms with Gasteiger partial charge in [0.25, 0.3) is 5.91 Å². The van der Waals surface area contributed by atoms with Crippen LogP contribution in [0.5, 0.6) is 0 Å². The second kappa shape index (κ2) is 5.89. The number of likely N-dealkylation sites (tertiary alicyclic amines) is 1. The number of carbonyl (C=O) groups excluding carboxylic acids is 1. The van der Waals surface area contributed by atoms with Gasteiger partial charge in [-0.1, -0.05) is 0 Å². The minimum atomic E-state index is 0.102. The molecule has 21 heavy (non-hydrogen) atoms. The molecule has 1 fully saturated rings. The van der Waals surface area contributed by atoms with E-state index in [0.717, 1.165) is 48.0 Å². The lowest BCUT2D eigenvalue weighted by Gasteiger charge is -2.32. The second-order valence-electron chi connectivity index (χ2n) is 5.39. The van der Waals surface area contributed by atoms with Gasteiger partial charge in [0.15, 0.2) is 0 Å². The SMILES string of the molecule is Cc1nccc([C@@H]2CCCN(C(=O)c3scnc3C)C2)n1. The molecule has 1 atom stereocenters. The van der Waals surface area contributed by atoms with E-state index in [0.29, 0.717) is 5.92 Å². The summed E-state index contributed by atoms with van der Waals surface area (Å²) >= 11 is 1.42. The summed E-state index contributed by atoms with van der Waals surface area (Å²) in [6.07, 6.45) is 3.88. The molecule has 1 amide bonds. The fourth-order valence-corrected chi connectivity index (χ4v) is 3.53. The minimum Gasteiger partial charge on any atom is -0.337 e. The summed E-state index contributed by atoms with van der Waals surface area (Å²) in [5.74, 6) is 1.19. The minimum absolute atomic E-state index is 0.102. The van der Waals surface area contributed by atoms with Crippen molar-refractivity contribution in [3.63, 3.8) is 0 Å². The predicted octanol–water partition coefficient (Wildman–Crippen LogP) is 2.57. The van der Waals surface area contributed by atoms with Crippen LogP contribution in [0.25, 0.3) is 0 Å². The number of hydrogen-bond acceptors (Lipinski definition) is 5. The Morgan fingerprint density at radius 2 is 2.24 bits per heavy atom. The molecule has 2 aromatic heterocycles. The molecule has 0 unspecified atom stereocenters. The van der Waals surface area contributed by atoms with Crippen LogP contribution in [0.2, 0.25) is 0 Å². The van der Waals surface area contributed by atoms with Crippen LogP contribution < -0.4 is 0 Å². The van der Waals surface area contributed by atoms with Gasteiger partial charge in [-0.3, -0.25) is 4.79 Å². The standard InChI is InChI=1S/C15H18N4OS/c1-10-14(21-9-17-10)15(20)19-7-3-4-12(8-19)13-5-6-16-11(2)18-13/h5-6,9,12H,3-4,7-8H2,1-2H3/t12-/m1/s1. The molecule has 0 aromatic carbocycles. The Morgan fingerprint density at radius 3 is 2.95 bits per heavy atom. The van der Waals surface area contributed by atoms with E-state index in [9.17, 15) is 4.79 Å². The lowest BCUT2D eigenvalue weighted by Crippen LogP contribution is -2.39. The van der Waals surface area contributed by atoms with Crippen molar-refractivity contribution in [2.75, 3.05) is 13.1 Å². The van der Waals surface area contributed by atoms with Crippen LogP contribution in [0.15, 0.2) is 17.8 Å². The zero-order valence-corrected chi connectivity index (χ0v) is 13.1. The summed E-state index contributed by atoms with van der Waals surface area (Å²) in [5, 5.41) is 0. The van der Waals surface area contributed by atoms with E-state index in [1.807, 2.05) is 24.8 Å². The number of piperidine rings is 1. The summed E-state index contributed by atoms with van der Waals surface area (Å²) in [5.41, 5.74) is 3.60. The molecule has 1 aliphatic rings. The van der Waals surface area contributed by atoms with Gasteiger partial charge < -0.3 is 4.90 Å². The van der Waals surface area contributed by atoms with Gasteiger partial charge in [-0.25, -0.2) is 15.0 Å². The van der Waals surface area contributed by atoms with E-state index in [2.05, 4.69) is 15.0 Å². The fraction of sp³-hybridized carbons (Fsp3) is 0.467. The number of hydrogen-bond donors (Lipinski definition) is 0. The maximum absolute atomic E-state index is 12.6. The van der Waals surface area contributed by atoms with Gasteiger partial charge in [-0.05, 0) is 32.8 Å². The molecular formula is C15H18N4OS. The molecule has 0 saturated carbocycles. The molecule has 1 aliphatic heterocycles. The molecule has 110 valence electrons. The topological polar surface area (TPSA) is 59.0 Å². The van der Waals surface area contributed by atoms with Crippen molar-refractivity contribution in [1.29, 1.82) is 0 Å². The van der Waals surface area contributed by atoms with Gasteiger partial charge >= 0.3 is 0 Å². The second-order valence-corrected chi connectivity index (χ2v) is 6.24. The van der Waals surface area contributed by atoms with E-state index >= 15 is 0 Å². The molecule has 5 nitrogen and oxygen atoms in total. The first-order valence-electron chi connectivity index (χ1n) is 7.14. The molecule has 0 aliphatic carbocycles. The summed E-state index contributed by atoms with van der Waals surface area (Å²) in [7, 11) is 0. The van der Waals surface area contributed by atoms with Crippen LogP contribution in [0.4, 0.5) is 0 Å². The molecule has 0 radical (unpaired) electrons. The third-order valence-corrected chi connectivity index (χ3v) is 4.78. The van der Waals surface area contributed by atoms with E-state index in [4.69, 9.17) is 0 Å². The number of aryl methyl sites for hydroxylation is 2. The Balaban J connectivity index is 1.77. The molecule has 6 heteroatoms. The molecular weight excluding hydrogens is 284 g/mol. The van der Waals surface area contributed by atoms with Crippen LogP contribution in [-0.2, 0) is 0 Å². The van der Waals surface area contributed by atoms with Gasteiger partial charge in [0.1, 0.15) is 10.7 Å². The van der Waals surface area contributed by atoms with Crippen LogP contribution >= 0.6 is 11.3 Å². The largest absolute Gasteiger partial charge is 0.337 e. The van der Waals surface area contributed by atoms with Crippen LogP contribution in [0, 0.1) is 13.8 Å². The Labute approximate surface area is 128 Å². The zero-order valence-electron chi connectivity index (χ0n) is 12.2. The van der Waals surface area contributed by atoms with Crippen molar-refractivity contribution in [1.82, 2.24) is 19.9 Å².